The Hall–Kier alpha value is -2.90. The quantitative estimate of drug-likeness (QED) is 0.556. The molecular weight excluding hydrogens is 405 g/mol. The highest BCUT2D eigenvalue weighted by molar-refractivity contribution is 7.89. The Kier molecular flexibility index (Phi) is 7.07. The Bertz CT molecular complexity index is 1000. The third-order valence-electron chi connectivity index (χ3n) is 4.77. The van der Waals surface area contributed by atoms with Gasteiger partial charge in [0.15, 0.2) is 0 Å². The number of hydrogen-bond donors (Lipinski definition) is 1. The predicted molar refractivity (Wildman–Crippen MR) is 115 cm³/mol. The normalized spacial score (nSPS) is 11.5. The number of nitrogens with one attached hydrogen (secondary N) is 1. The van der Waals surface area contributed by atoms with Crippen LogP contribution < -0.4 is 14.2 Å². The Morgan fingerprint density at radius 3 is 1.70 bits per heavy atom. The summed E-state index contributed by atoms with van der Waals surface area (Å²) in [5, 5.41) is 0. The summed E-state index contributed by atoms with van der Waals surface area (Å²) in [4.78, 5) is 0. The molecule has 0 unspecified atom stereocenters. The molecule has 0 aliphatic rings. The fraction of sp³-hybridized carbons (Fsp3) is 0.217. The van der Waals surface area contributed by atoms with Gasteiger partial charge in [-0.1, -0.05) is 36.4 Å². The first-order chi connectivity index (χ1) is 14.4. The van der Waals surface area contributed by atoms with Crippen molar-refractivity contribution in [2.45, 2.75) is 12.5 Å². The van der Waals surface area contributed by atoms with Crippen LogP contribution in [0.2, 0.25) is 0 Å². The standard InChI is InChI=1S/C23H24FNO4S/c1-28-21-11-5-18(6-12-21)23(19-7-13-22(29-2)14-8-19)25-30(26,27)16-15-17-3-9-20(24)10-4-17/h3-14,23,25H,15-16H2,1-2H3. The first-order valence-corrected chi connectivity index (χ1v) is 11.1. The second kappa shape index (κ2) is 9.73. The molecule has 5 nitrogen and oxygen atoms in total. The van der Waals surface area contributed by atoms with Gasteiger partial charge in [-0.25, -0.2) is 17.5 Å². The van der Waals surface area contributed by atoms with Crippen LogP contribution in [0.1, 0.15) is 22.7 Å². The van der Waals surface area contributed by atoms with Crippen LogP contribution in [0.4, 0.5) is 4.39 Å². The van der Waals surface area contributed by atoms with Crippen molar-refractivity contribution in [2.75, 3.05) is 20.0 Å². The molecule has 0 saturated heterocycles. The molecule has 3 rings (SSSR count). The molecule has 0 saturated carbocycles. The van der Waals surface area contributed by atoms with Gasteiger partial charge in [-0.05, 0) is 59.5 Å². The van der Waals surface area contributed by atoms with E-state index in [9.17, 15) is 12.8 Å². The van der Waals surface area contributed by atoms with Gasteiger partial charge in [-0.15, -0.1) is 0 Å². The number of ether oxygens (including phenoxy) is 2. The van der Waals surface area contributed by atoms with Gasteiger partial charge in [0.1, 0.15) is 17.3 Å². The molecular formula is C23H24FNO4S. The number of halogens is 1. The van der Waals surface area contributed by atoms with Crippen molar-refractivity contribution in [3.8, 4) is 11.5 Å². The van der Waals surface area contributed by atoms with E-state index < -0.39 is 16.1 Å². The van der Waals surface area contributed by atoms with Crippen molar-refractivity contribution in [3.05, 3.63) is 95.3 Å². The maximum Gasteiger partial charge on any atom is 0.212 e. The maximum absolute atomic E-state index is 13.1. The number of aryl methyl sites for hydroxylation is 1. The van der Waals surface area contributed by atoms with Crippen molar-refractivity contribution < 1.29 is 22.3 Å². The van der Waals surface area contributed by atoms with Gasteiger partial charge in [-0.3, -0.25) is 0 Å². The molecule has 0 radical (unpaired) electrons. The minimum Gasteiger partial charge on any atom is -0.497 e. The summed E-state index contributed by atoms with van der Waals surface area (Å²) >= 11 is 0. The average Bonchev–Trinajstić information content (AvgIpc) is 2.77. The van der Waals surface area contributed by atoms with E-state index in [1.165, 1.54) is 12.1 Å². The number of benzene rings is 3. The van der Waals surface area contributed by atoms with Gasteiger partial charge in [0, 0.05) is 0 Å². The van der Waals surface area contributed by atoms with Crippen molar-refractivity contribution in [3.63, 3.8) is 0 Å². The first-order valence-electron chi connectivity index (χ1n) is 9.42. The summed E-state index contributed by atoms with van der Waals surface area (Å²) < 4.78 is 51.9. The van der Waals surface area contributed by atoms with E-state index in [0.29, 0.717) is 11.5 Å². The zero-order valence-corrected chi connectivity index (χ0v) is 17.7. The van der Waals surface area contributed by atoms with Gasteiger partial charge in [0.2, 0.25) is 10.0 Å². The van der Waals surface area contributed by atoms with Crippen LogP contribution in [0.15, 0.2) is 72.8 Å². The highest BCUT2D eigenvalue weighted by Gasteiger charge is 2.21. The molecule has 0 heterocycles. The Labute approximate surface area is 176 Å². The molecule has 0 atom stereocenters. The molecule has 3 aromatic carbocycles. The summed E-state index contributed by atoms with van der Waals surface area (Å²) in [6.45, 7) is 0. The van der Waals surface area contributed by atoms with Crippen LogP contribution in [0, 0.1) is 5.82 Å². The molecule has 30 heavy (non-hydrogen) atoms. The minimum absolute atomic E-state index is 0.110. The number of hydrogen-bond acceptors (Lipinski definition) is 4. The van der Waals surface area contributed by atoms with Crippen LogP contribution >= 0.6 is 0 Å². The topological polar surface area (TPSA) is 64.6 Å². The largest absolute Gasteiger partial charge is 0.497 e. The van der Waals surface area contributed by atoms with Crippen LogP contribution in [0.3, 0.4) is 0 Å². The zero-order chi connectivity index (χ0) is 21.6. The second-order valence-electron chi connectivity index (χ2n) is 6.79. The van der Waals surface area contributed by atoms with Crippen molar-refractivity contribution in [1.29, 1.82) is 0 Å². The average molecular weight is 430 g/mol. The molecule has 3 aromatic rings. The number of rotatable bonds is 9. The lowest BCUT2D eigenvalue weighted by molar-refractivity contribution is 0.414. The van der Waals surface area contributed by atoms with E-state index in [1.807, 2.05) is 24.3 Å². The van der Waals surface area contributed by atoms with E-state index in [1.54, 1.807) is 50.6 Å². The van der Waals surface area contributed by atoms with Gasteiger partial charge in [-0.2, -0.15) is 0 Å². The molecule has 0 amide bonds. The van der Waals surface area contributed by atoms with Gasteiger partial charge < -0.3 is 9.47 Å². The molecule has 0 bridgehead atoms. The van der Waals surface area contributed by atoms with Crippen LogP contribution in [-0.4, -0.2) is 28.4 Å². The van der Waals surface area contributed by atoms with Crippen molar-refractivity contribution in [1.82, 2.24) is 4.72 Å². The zero-order valence-electron chi connectivity index (χ0n) is 16.8. The molecule has 0 spiro atoms. The smallest absolute Gasteiger partial charge is 0.212 e. The Balaban J connectivity index is 1.83. The minimum atomic E-state index is -3.62. The summed E-state index contributed by atoms with van der Waals surface area (Å²) in [6, 6.07) is 19.7. The molecule has 1 N–H and O–H groups in total. The lowest BCUT2D eigenvalue weighted by atomic mass is 9.99. The predicted octanol–water partition coefficient (Wildman–Crippen LogP) is 4.09. The molecule has 0 aromatic heterocycles. The fourth-order valence-electron chi connectivity index (χ4n) is 3.06. The van der Waals surface area contributed by atoms with E-state index in [2.05, 4.69) is 4.72 Å². The number of methoxy groups -OCH3 is 2. The first kappa shape index (κ1) is 21.8. The summed E-state index contributed by atoms with van der Waals surface area (Å²) in [5.41, 5.74) is 2.32. The van der Waals surface area contributed by atoms with Gasteiger partial charge >= 0.3 is 0 Å². The number of sulfonamides is 1. The fourth-order valence-corrected chi connectivity index (χ4v) is 4.32. The third kappa shape index (κ3) is 5.81. The Morgan fingerprint density at radius 1 is 0.800 bits per heavy atom. The highest BCUT2D eigenvalue weighted by Crippen LogP contribution is 2.26. The lowest BCUT2D eigenvalue weighted by Gasteiger charge is -2.20. The maximum atomic E-state index is 13.1. The van der Waals surface area contributed by atoms with Crippen molar-refractivity contribution >= 4 is 10.0 Å². The molecule has 7 heteroatoms. The SMILES string of the molecule is COc1ccc(C(NS(=O)(=O)CCc2ccc(F)cc2)c2ccc(OC)cc2)cc1. The van der Waals surface area contributed by atoms with E-state index in [-0.39, 0.29) is 18.0 Å². The van der Waals surface area contributed by atoms with Crippen molar-refractivity contribution in [2.24, 2.45) is 0 Å². The summed E-state index contributed by atoms with van der Waals surface area (Å²) in [6.07, 6.45) is 0.285. The summed E-state index contributed by atoms with van der Waals surface area (Å²) in [7, 11) is -0.468. The van der Waals surface area contributed by atoms with Gasteiger partial charge in [0.05, 0.1) is 26.0 Å². The van der Waals surface area contributed by atoms with E-state index in [4.69, 9.17) is 9.47 Å². The lowest BCUT2D eigenvalue weighted by Crippen LogP contribution is -2.32. The van der Waals surface area contributed by atoms with Crippen LogP contribution in [0.5, 0.6) is 11.5 Å². The second-order valence-corrected chi connectivity index (χ2v) is 8.67. The van der Waals surface area contributed by atoms with Crippen LogP contribution in [-0.2, 0) is 16.4 Å². The van der Waals surface area contributed by atoms with Crippen LogP contribution in [0.25, 0.3) is 0 Å². The molecule has 0 fully saturated rings. The van der Waals surface area contributed by atoms with Gasteiger partial charge in [0.25, 0.3) is 0 Å². The Morgan fingerprint density at radius 2 is 1.27 bits per heavy atom. The summed E-state index contributed by atoms with van der Waals surface area (Å²) in [5.74, 6) is 0.915. The van der Waals surface area contributed by atoms with E-state index in [0.717, 1.165) is 16.7 Å². The molecule has 0 aliphatic heterocycles. The molecule has 0 aliphatic carbocycles. The molecule has 158 valence electrons. The van der Waals surface area contributed by atoms with E-state index >= 15 is 0 Å². The monoisotopic (exact) mass is 429 g/mol. The highest BCUT2D eigenvalue weighted by atomic mass is 32.2. The third-order valence-corrected chi connectivity index (χ3v) is 6.10.